The highest BCUT2D eigenvalue weighted by Gasteiger charge is 2.27. The fraction of sp³-hybridized carbons (Fsp3) is 0.444. The van der Waals surface area contributed by atoms with Crippen molar-refractivity contribution in [3.05, 3.63) is 52.6 Å². The molecule has 0 bridgehead atoms. The smallest absolute Gasteiger partial charge is 0.273 e. The molecule has 4 nitrogen and oxygen atoms in total. The molecule has 128 valence electrons. The van der Waals surface area contributed by atoms with Crippen LogP contribution >= 0.6 is 11.6 Å². The van der Waals surface area contributed by atoms with Gasteiger partial charge in [0.2, 0.25) is 0 Å². The Morgan fingerprint density at radius 2 is 2.12 bits per heavy atom. The number of nitrogens with zero attached hydrogens (tertiary/aromatic N) is 3. The lowest BCUT2D eigenvalue weighted by molar-refractivity contribution is 0.0657. The number of hydrogen-bond donors (Lipinski definition) is 0. The maximum atomic E-state index is 13.0. The van der Waals surface area contributed by atoms with Crippen molar-refractivity contribution < 1.29 is 9.18 Å². The van der Waals surface area contributed by atoms with Crippen molar-refractivity contribution >= 4 is 17.5 Å². The first-order chi connectivity index (χ1) is 11.5. The third-order valence-electron chi connectivity index (χ3n) is 4.66. The molecular formula is C18H21ClFN3O. The summed E-state index contributed by atoms with van der Waals surface area (Å²) in [6.45, 7) is 1.49. The topological polar surface area (TPSA) is 38.1 Å². The summed E-state index contributed by atoms with van der Waals surface area (Å²) in [5.74, 6) is 0.201. The van der Waals surface area contributed by atoms with E-state index in [-0.39, 0.29) is 11.7 Å². The Hall–Kier alpha value is -1.88. The van der Waals surface area contributed by atoms with Gasteiger partial charge in [0.1, 0.15) is 11.5 Å². The van der Waals surface area contributed by atoms with Gasteiger partial charge in [-0.15, -0.1) is 0 Å². The Kier molecular flexibility index (Phi) is 5.19. The average Bonchev–Trinajstić information content (AvgIpc) is 2.93. The summed E-state index contributed by atoms with van der Waals surface area (Å²) in [7, 11) is 1.73. The van der Waals surface area contributed by atoms with E-state index in [9.17, 15) is 9.18 Å². The number of aromatic nitrogens is 2. The first-order valence-corrected chi connectivity index (χ1v) is 8.63. The highest BCUT2D eigenvalue weighted by molar-refractivity contribution is 6.33. The molecule has 1 unspecified atom stereocenters. The first-order valence-electron chi connectivity index (χ1n) is 8.26. The Morgan fingerprint density at radius 1 is 1.38 bits per heavy atom. The van der Waals surface area contributed by atoms with Gasteiger partial charge in [0.25, 0.3) is 5.91 Å². The number of carbonyl (C=O) groups excluding carboxylic acids is 1. The standard InChI is InChI=1S/C18H21ClFN3O/c1-22-17(16(19)11-21-22)18(24)23-10-2-3-14(12-23)5-4-13-6-8-15(20)9-7-13/h6-9,11,14H,2-5,10,12H2,1H3. The molecule has 24 heavy (non-hydrogen) atoms. The van der Waals surface area contributed by atoms with Crippen molar-refractivity contribution in [2.24, 2.45) is 13.0 Å². The van der Waals surface area contributed by atoms with Crippen LogP contribution in [0.1, 0.15) is 35.3 Å². The van der Waals surface area contributed by atoms with Crippen LogP contribution in [0.25, 0.3) is 0 Å². The predicted molar refractivity (Wildman–Crippen MR) is 91.6 cm³/mol. The first kappa shape index (κ1) is 17.0. The van der Waals surface area contributed by atoms with Gasteiger partial charge in [0, 0.05) is 20.1 Å². The molecule has 0 radical (unpaired) electrons. The molecule has 2 aromatic rings. The number of amides is 1. The molecule has 0 saturated carbocycles. The Balaban J connectivity index is 1.60. The average molecular weight is 350 g/mol. The predicted octanol–water partition coefficient (Wildman–Crippen LogP) is 3.70. The zero-order valence-corrected chi connectivity index (χ0v) is 14.5. The normalized spacial score (nSPS) is 18.0. The number of halogens is 2. The van der Waals surface area contributed by atoms with Gasteiger partial charge in [-0.3, -0.25) is 9.48 Å². The summed E-state index contributed by atoms with van der Waals surface area (Å²) in [4.78, 5) is 14.6. The number of rotatable bonds is 4. The van der Waals surface area contributed by atoms with Crippen LogP contribution in [0, 0.1) is 11.7 Å². The minimum Gasteiger partial charge on any atom is -0.337 e. The Bertz CT molecular complexity index is 694. The van der Waals surface area contributed by atoms with Crippen LogP contribution in [0.2, 0.25) is 5.02 Å². The largest absolute Gasteiger partial charge is 0.337 e. The van der Waals surface area contributed by atoms with Gasteiger partial charge in [-0.25, -0.2) is 4.39 Å². The number of carbonyl (C=O) groups is 1. The van der Waals surface area contributed by atoms with E-state index in [1.54, 1.807) is 7.05 Å². The molecule has 1 aliphatic heterocycles. The van der Waals surface area contributed by atoms with Gasteiger partial charge in [-0.05, 0) is 49.3 Å². The lowest BCUT2D eigenvalue weighted by Gasteiger charge is -2.33. The third kappa shape index (κ3) is 3.78. The SMILES string of the molecule is Cn1ncc(Cl)c1C(=O)N1CCCC(CCc2ccc(F)cc2)C1. The summed E-state index contributed by atoms with van der Waals surface area (Å²) < 4.78 is 14.5. The second-order valence-corrected chi connectivity index (χ2v) is 6.80. The summed E-state index contributed by atoms with van der Waals surface area (Å²) in [6.07, 6.45) is 5.51. The van der Waals surface area contributed by atoms with Crippen molar-refractivity contribution in [1.82, 2.24) is 14.7 Å². The van der Waals surface area contributed by atoms with Gasteiger partial charge in [0.05, 0.1) is 11.2 Å². The molecule has 6 heteroatoms. The van der Waals surface area contributed by atoms with Crippen molar-refractivity contribution in [2.75, 3.05) is 13.1 Å². The molecule has 3 rings (SSSR count). The maximum absolute atomic E-state index is 13.0. The van der Waals surface area contributed by atoms with E-state index >= 15 is 0 Å². The minimum atomic E-state index is -0.207. The van der Waals surface area contributed by atoms with Crippen LogP contribution < -0.4 is 0 Å². The highest BCUT2D eigenvalue weighted by Crippen LogP contribution is 2.24. The van der Waals surface area contributed by atoms with E-state index in [0.29, 0.717) is 16.6 Å². The number of benzene rings is 1. The van der Waals surface area contributed by atoms with Crippen molar-refractivity contribution in [3.8, 4) is 0 Å². The number of likely N-dealkylation sites (tertiary alicyclic amines) is 1. The van der Waals surface area contributed by atoms with Crippen LogP contribution in [-0.2, 0) is 13.5 Å². The van der Waals surface area contributed by atoms with Crippen molar-refractivity contribution in [2.45, 2.75) is 25.7 Å². The van der Waals surface area contributed by atoms with E-state index in [2.05, 4.69) is 5.10 Å². The molecule has 0 N–H and O–H groups in total. The summed E-state index contributed by atoms with van der Waals surface area (Å²) >= 11 is 6.09. The van der Waals surface area contributed by atoms with E-state index in [0.717, 1.165) is 44.3 Å². The molecule has 1 atom stereocenters. The zero-order valence-electron chi connectivity index (χ0n) is 13.7. The molecule has 0 spiro atoms. The lowest BCUT2D eigenvalue weighted by atomic mass is 9.91. The molecule has 1 aliphatic rings. The fourth-order valence-electron chi connectivity index (χ4n) is 3.31. The van der Waals surface area contributed by atoms with Crippen LogP contribution in [-0.4, -0.2) is 33.7 Å². The van der Waals surface area contributed by atoms with Gasteiger partial charge in [-0.1, -0.05) is 23.7 Å². The quantitative estimate of drug-likeness (QED) is 0.844. The molecular weight excluding hydrogens is 329 g/mol. The van der Waals surface area contributed by atoms with Gasteiger partial charge in [0.15, 0.2) is 0 Å². The van der Waals surface area contributed by atoms with Crippen LogP contribution in [0.3, 0.4) is 0 Å². The van der Waals surface area contributed by atoms with Crippen molar-refractivity contribution in [3.63, 3.8) is 0 Å². The molecule has 1 aromatic heterocycles. The lowest BCUT2D eigenvalue weighted by Crippen LogP contribution is -2.40. The monoisotopic (exact) mass is 349 g/mol. The Labute approximate surface area is 146 Å². The van der Waals surface area contributed by atoms with Gasteiger partial charge in [-0.2, -0.15) is 5.10 Å². The van der Waals surface area contributed by atoms with E-state index in [1.807, 2.05) is 17.0 Å². The molecule has 1 amide bonds. The summed E-state index contributed by atoms with van der Waals surface area (Å²) in [5, 5.41) is 4.44. The number of aryl methyl sites for hydroxylation is 2. The zero-order chi connectivity index (χ0) is 17.1. The van der Waals surface area contributed by atoms with Gasteiger partial charge >= 0.3 is 0 Å². The second kappa shape index (κ2) is 7.34. The van der Waals surface area contributed by atoms with Crippen LogP contribution in [0.5, 0.6) is 0 Å². The number of hydrogen-bond acceptors (Lipinski definition) is 2. The molecule has 1 fully saturated rings. The molecule has 1 aromatic carbocycles. The summed E-state index contributed by atoms with van der Waals surface area (Å²) in [5.41, 5.74) is 1.59. The minimum absolute atomic E-state index is 0.0496. The van der Waals surface area contributed by atoms with Crippen molar-refractivity contribution in [1.29, 1.82) is 0 Å². The fourth-order valence-corrected chi connectivity index (χ4v) is 3.55. The highest BCUT2D eigenvalue weighted by atomic mass is 35.5. The summed E-state index contributed by atoms with van der Waals surface area (Å²) in [6, 6.07) is 6.65. The van der Waals surface area contributed by atoms with E-state index < -0.39 is 0 Å². The molecule has 0 aliphatic carbocycles. The van der Waals surface area contributed by atoms with Crippen LogP contribution in [0.4, 0.5) is 4.39 Å². The Morgan fingerprint density at radius 3 is 2.79 bits per heavy atom. The molecule has 1 saturated heterocycles. The van der Waals surface area contributed by atoms with Crippen LogP contribution in [0.15, 0.2) is 30.5 Å². The molecule has 2 heterocycles. The van der Waals surface area contributed by atoms with E-state index in [1.165, 1.54) is 23.0 Å². The maximum Gasteiger partial charge on any atom is 0.273 e. The van der Waals surface area contributed by atoms with E-state index in [4.69, 9.17) is 11.6 Å². The number of piperidine rings is 1. The van der Waals surface area contributed by atoms with Gasteiger partial charge < -0.3 is 4.90 Å². The third-order valence-corrected chi connectivity index (χ3v) is 4.93. The second-order valence-electron chi connectivity index (χ2n) is 6.39.